The second-order valence-corrected chi connectivity index (χ2v) is 7.82. The highest BCUT2D eigenvalue weighted by Gasteiger charge is 2.43. The summed E-state index contributed by atoms with van der Waals surface area (Å²) >= 11 is 0. The van der Waals surface area contributed by atoms with Gasteiger partial charge in [-0.25, -0.2) is 0 Å². The molecule has 2 aliphatic heterocycles. The number of piperidine rings is 1. The second kappa shape index (κ2) is 8.64. The number of aromatic nitrogens is 1. The normalized spacial score (nSPS) is 22.9. The third kappa shape index (κ3) is 4.42. The van der Waals surface area contributed by atoms with Crippen LogP contribution in [0.15, 0.2) is 48.8 Å². The zero-order chi connectivity index (χ0) is 20.2. The minimum Gasteiger partial charge on any atom is -0.494 e. The van der Waals surface area contributed by atoms with Gasteiger partial charge >= 0.3 is 0 Å². The van der Waals surface area contributed by atoms with E-state index in [9.17, 15) is 9.59 Å². The summed E-state index contributed by atoms with van der Waals surface area (Å²) in [5.41, 5.74) is 1.63. The lowest BCUT2D eigenvalue weighted by atomic mass is 9.96. The van der Waals surface area contributed by atoms with Gasteiger partial charge in [-0.15, -0.1) is 0 Å². The highest BCUT2D eigenvalue weighted by Crippen LogP contribution is 2.36. The molecule has 0 saturated carbocycles. The Hall–Kier alpha value is -2.89. The number of hydrogen-bond acceptors (Lipinski definition) is 4. The van der Waals surface area contributed by atoms with E-state index in [0.29, 0.717) is 18.6 Å². The summed E-state index contributed by atoms with van der Waals surface area (Å²) in [7, 11) is 0. The maximum absolute atomic E-state index is 13.0. The lowest BCUT2D eigenvalue weighted by molar-refractivity contribution is -0.135. The van der Waals surface area contributed by atoms with Crippen molar-refractivity contribution in [1.82, 2.24) is 15.2 Å². The molecule has 1 aromatic carbocycles. The quantitative estimate of drug-likeness (QED) is 0.819. The fraction of sp³-hybridized carbons (Fsp3) is 0.435. The molecule has 0 spiro atoms. The number of nitrogens with one attached hydrogen (secondary N) is 1. The number of carbonyl (C=O) groups excluding carboxylic acids is 2. The summed E-state index contributed by atoms with van der Waals surface area (Å²) < 4.78 is 5.47. The van der Waals surface area contributed by atoms with E-state index in [1.165, 1.54) is 0 Å². The number of hydrogen-bond donors (Lipinski definition) is 1. The Morgan fingerprint density at radius 3 is 2.34 bits per heavy atom. The summed E-state index contributed by atoms with van der Waals surface area (Å²) in [4.78, 5) is 31.5. The molecule has 6 heteroatoms. The van der Waals surface area contributed by atoms with Crippen LogP contribution >= 0.6 is 0 Å². The molecule has 152 valence electrons. The smallest absolute Gasteiger partial charge is 0.251 e. The maximum Gasteiger partial charge on any atom is 0.251 e. The Kier molecular flexibility index (Phi) is 5.79. The molecule has 4 rings (SSSR count). The molecule has 2 fully saturated rings. The average Bonchev–Trinajstić information content (AvgIpc) is 3.01. The van der Waals surface area contributed by atoms with E-state index >= 15 is 0 Å². The molecule has 29 heavy (non-hydrogen) atoms. The van der Waals surface area contributed by atoms with E-state index in [1.54, 1.807) is 24.5 Å². The largest absolute Gasteiger partial charge is 0.494 e. The molecule has 2 bridgehead atoms. The molecular formula is C23H27N3O3. The van der Waals surface area contributed by atoms with Gasteiger partial charge in [-0.05, 0) is 62.4 Å². The van der Waals surface area contributed by atoms with E-state index in [2.05, 4.69) is 15.2 Å². The number of ether oxygens (including phenoxy) is 1. The van der Waals surface area contributed by atoms with Gasteiger partial charge in [0.1, 0.15) is 5.75 Å². The van der Waals surface area contributed by atoms with Crippen LogP contribution in [-0.2, 0) is 11.2 Å². The molecule has 2 amide bonds. The van der Waals surface area contributed by atoms with E-state index in [4.69, 9.17) is 4.74 Å². The number of rotatable bonds is 6. The first-order valence-corrected chi connectivity index (χ1v) is 10.4. The van der Waals surface area contributed by atoms with Gasteiger partial charge in [0.05, 0.1) is 13.0 Å². The van der Waals surface area contributed by atoms with Crippen molar-refractivity contribution in [2.75, 3.05) is 6.61 Å². The van der Waals surface area contributed by atoms with Crippen LogP contribution in [-0.4, -0.2) is 46.4 Å². The van der Waals surface area contributed by atoms with Gasteiger partial charge in [-0.2, -0.15) is 0 Å². The van der Waals surface area contributed by atoms with Gasteiger partial charge in [-0.1, -0.05) is 12.1 Å². The third-order valence-electron chi connectivity index (χ3n) is 5.89. The van der Waals surface area contributed by atoms with Crippen molar-refractivity contribution in [2.24, 2.45) is 0 Å². The first-order valence-electron chi connectivity index (χ1n) is 10.4. The van der Waals surface area contributed by atoms with Crippen LogP contribution in [0.4, 0.5) is 0 Å². The van der Waals surface area contributed by atoms with Crippen LogP contribution in [0.1, 0.15) is 48.5 Å². The minimum absolute atomic E-state index is 0.0639. The highest BCUT2D eigenvalue weighted by atomic mass is 16.5. The summed E-state index contributed by atoms with van der Waals surface area (Å²) in [6.07, 6.45) is 7.34. The van der Waals surface area contributed by atoms with Gasteiger partial charge in [0.25, 0.3) is 5.91 Å². The lowest BCUT2D eigenvalue weighted by Crippen LogP contribution is -2.52. The van der Waals surface area contributed by atoms with Gasteiger partial charge in [0.15, 0.2) is 0 Å². The van der Waals surface area contributed by atoms with Crippen molar-refractivity contribution < 1.29 is 14.3 Å². The Morgan fingerprint density at radius 2 is 1.72 bits per heavy atom. The lowest BCUT2D eigenvalue weighted by Gasteiger charge is -2.39. The van der Waals surface area contributed by atoms with Gasteiger partial charge in [0, 0.05) is 36.1 Å². The minimum atomic E-state index is -0.0639. The van der Waals surface area contributed by atoms with Crippen LogP contribution in [0.3, 0.4) is 0 Å². The van der Waals surface area contributed by atoms with Crippen molar-refractivity contribution in [3.05, 3.63) is 59.9 Å². The topological polar surface area (TPSA) is 71.5 Å². The fourth-order valence-corrected chi connectivity index (χ4v) is 4.61. The van der Waals surface area contributed by atoms with E-state index in [-0.39, 0.29) is 29.9 Å². The Morgan fingerprint density at radius 1 is 1.07 bits per heavy atom. The van der Waals surface area contributed by atoms with Crippen LogP contribution in [0, 0.1) is 0 Å². The van der Waals surface area contributed by atoms with Crippen molar-refractivity contribution in [3.8, 4) is 5.75 Å². The van der Waals surface area contributed by atoms with Gasteiger partial charge in [-0.3, -0.25) is 14.6 Å². The van der Waals surface area contributed by atoms with Crippen molar-refractivity contribution in [3.63, 3.8) is 0 Å². The summed E-state index contributed by atoms with van der Waals surface area (Å²) in [5.74, 6) is 0.945. The fourth-order valence-electron chi connectivity index (χ4n) is 4.61. The zero-order valence-electron chi connectivity index (χ0n) is 16.7. The Bertz CT molecular complexity index is 839. The first-order chi connectivity index (χ1) is 14.1. The van der Waals surface area contributed by atoms with Crippen molar-refractivity contribution in [2.45, 2.75) is 57.2 Å². The molecule has 1 aromatic heterocycles. The predicted octanol–water partition coefficient (Wildman–Crippen LogP) is 2.97. The molecule has 0 aliphatic carbocycles. The number of pyridine rings is 1. The standard InChI is InChI=1S/C23H27N3O3/c1-2-29-21-7-3-16(4-8-21)13-22(27)26-19-5-6-20(26)15-18(14-19)25-23(28)17-9-11-24-12-10-17/h3-4,7-12,18-20H,2,5-6,13-15H2,1H3,(H,25,28). The van der Waals surface area contributed by atoms with E-state index in [1.807, 2.05) is 31.2 Å². The second-order valence-electron chi connectivity index (χ2n) is 7.82. The number of benzene rings is 1. The Balaban J connectivity index is 1.35. The van der Waals surface area contributed by atoms with Crippen LogP contribution in [0.5, 0.6) is 5.75 Å². The van der Waals surface area contributed by atoms with E-state index in [0.717, 1.165) is 37.0 Å². The number of nitrogens with zero attached hydrogens (tertiary/aromatic N) is 2. The molecule has 2 unspecified atom stereocenters. The van der Waals surface area contributed by atoms with Crippen LogP contribution in [0.25, 0.3) is 0 Å². The first kappa shape index (κ1) is 19.4. The SMILES string of the molecule is CCOc1ccc(CC(=O)N2C3CCC2CC(NC(=O)c2ccncc2)C3)cc1. The summed E-state index contributed by atoms with van der Waals surface area (Å²) in [6.45, 7) is 2.59. The summed E-state index contributed by atoms with van der Waals surface area (Å²) in [6, 6.07) is 11.8. The van der Waals surface area contributed by atoms with Crippen LogP contribution in [0.2, 0.25) is 0 Å². The summed E-state index contributed by atoms with van der Waals surface area (Å²) in [5, 5.41) is 3.14. The number of carbonyl (C=O) groups is 2. The molecule has 2 saturated heterocycles. The van der Waals surface area contributed by atoms with Crippen LogP contribution < -0.4 is 10.1 Å². The average molecular weight is 393 g/mol. The number of amides is 2. The molecule has 2 aliphatic rings. The monoisotopic (exact) mass is 393 g/mol. The molecule has 1 N–H and O–H groups in total. The molecule has 3 heterocycles. The van der Waals surface area contributed by atoms with E-state index < -0.39 is 0 Å². The van der Waals surface area contributed by atoms with Gasteiger partial charge in [0.2, 0.25) is 5.91 Å². The molecule has 0 radical (unpaired) electrons. The van der Waals surface area contributed by atoms with Crippen molar-refractivity contribution >= 4 is 11.8 Å². The predicted molar refractivity (Wildman–Crippen MR) is 110 cm³/mol. The number of fused-ring (bicyclic) bond motifs is 2. The van der Waals surface area contributed by atoms with Gasteiger partial charge < -0.3 is 15.0 Å². The maximum atomic E-state index is 13.0. The zero-order valence-corrected chi connectivity index (χ0v) is 16.7. The molecule has 2 aromatic rings. The third-order valence-corrected chi connectivity index (χ3v) is 5.89. The van der Waals surface area contributed by atoms with Crippen molar-refractivity contribution in [1.29, 1.82) is 0 Å². The molecule has 6 nitrogen and oxygen atoms in total. The molecular weight excluding hydrogens is 366 g/mol. The highest BCUT2D eigenvalue weighted by molar-refractivity contribution is 5.94. The Labute approximate surface area is 171 Å². The molecule has 2 atom stereocenters.